The van der Waals surface area contributed by atoms with E-state index in [-0.39, 0.29) is 11.5 Å². The van der Waals surface area contributed by atoms with Crippen LogP contribution in [0.3, 0.4) is 0 Å². The molecular weight excluding hydrogens is 450 g/mol. The highest BCUT2D eigenvalue weighted by Crippen LogP contribution is 2.59. The minimum Gasteiger partial charge on any atom is -0.368 e. The van der Waals surface area contributed by atoms with Crippen molar-refractivity contribution >= 4 is 17.6 Å². The number of nitrogens with one attached hydrogen (secondary N) is 2. The zero-order valence-corrected chi connectivity index (χ0v) is 20.5. The normalized spacial score (nSPS) is 31.0. The zero-order chi connectivity index (χ0) is 24.7. The van der Waals surface area contributed by atoms with Crippen molar-refractivity contribution in [2.24, 2.45) is 28.9 Å². The number of rotatable bonds is 6. The van der Waals surface area contributed by atoms with Crippen LogP contribution in [0.1, 0.15) is 56.1 Å². The Morgan fingerprint density at radius 3 is 2.47 bits per heavy atom. The first kappa shape index (κ1) is 23.0. The molecule has 0 radical (unpaired) electrons. The van der Waals surface area contributed by atoms with Crippen molar-refractivity contribution < 1.29 is 0 Å². The minimum absolute atomic E-state index is 0.255. The van der Waals surface area contributed by atoms with Gasteiger partial charge in [-0.15, -0.1) is 0 Å². The third-order valence-corrected chi connectivity index (χ3v) is 9.04. The molecule has 5 aliphatic rings. The summed E-state index contributed by atoms with van der Waals surface area (Å²) in [6, 6.07) is 8.71. The monoisotopic (exact) mass is 483 g/mol. The lowest BCUT2D eigenvalue weighted by atomic mass is 9.48. The van der Waals surface area contributed by atoms with Gasteiger partial charge in [-0.25, -0.2) is 9.97 Å². The molecule has 186 valence electrons. The predicted octanol–water partition coefficient (Wildman–Crippen LogP) is 3.26. The van der Waals surface area contributed by atoms with Gasteiger partial charge in [-0.1, -0.05) is 0 Å². The topological polar surface area (TPSA) is 140 Å². The molecule has 0 amide bonds. The minimum atomic E-state index is 0.255. The first-order valence-corrected chi connectivity index (χ1v) is 13.2. The number of anilines is 3. The molecule has 3 heterocycles. The highest BCUT2D eigenvalue weighted by Gasteiger charge is 2.54. The van der Waals surface area contributed by atoms with Gasteiger partial charge in [0.25, 0.3) is 0 Å². The Kier molecular flexibility index (Phi) is 5.89. The van der Waals surface area contributed by atoms with Gasteiger partial charge in [-0.05, 0) is 80.2 Å². The number of nitrogens with two attached hydrogens (primary N) is 1. The van der Waals surface area contributed by atoms with Crippen LogP contribution in [-0.2, 0) is 0 Å². The molecule has 7 rings (SSSR count). The maximum absolute atomic E-state index is 9.66. The average Bonchev–Trinajstić information content (AvgIpc) is 2.91. The van der Waals surface area contributed by atoms with Crippen LogP contribution < -0.4 is 21.3 Å². The summed E-state index contributed by atoms with van der Waals surface area (Å²) in [6.07, 6.45) is 11.4. The van der Waals surface area contributed by atoms with E-state index in [2.05, 4.69) is 37.6 Å². The lowest BCUT2D eigenvalue weighted by molar-refractivity contribution is -0.0591. The van der Waals surface area contributed by atoms with E-state index in [4.69, 9.17) is 16.0 Å². The summed E-state index contributed by atoms with van der Waals surface area (Å²) in [5.41, 5.74) is 7.88. The van der Waals surface area contributed by atoms with Crippen molar-refractivity contribution in [1.29, 1.82) is 10.5 Å². The van der Waals surface area contributed by atoms with Crippen molar-refractivity contribution in [3.63, 3.8) is 0 Å². The highest BCUT2D eigenvalue weighted by atomic mass is 15.2. The van der Waals surface area contributed by atoms with E-state index >= 15 is 0 Å². The lowest BCUT2D eigenvalue weighted by Crippen LogP contribution is -2.58. The largest absolute Gasteiger partial charge is 0.368 e. The molecule has 4 N–H and O–H groups in total. The van der Waals surface area contributed by atoms with Crippen molar-refractivity contribution in [2.75, 3.05) is 35.2 Å². The molecule has 0 spiro atoms. The number of aromatic nitrogens is 3. The summed E-state index contributed by atoms with van der Waals surface area (Å²) >= 11 is 0. The smallest absolute Gasteiger partial charge is 0.224 e. The maximum Gasteiger partial charge on any atom is 0.224 e. The number of hydrogen-bond acceptors (Lipinski definition) is 9. The van der Waals surface area contributed by atoms with Crippen LogP contribution in [0.25, 0.3) is 0 Å². The van der Waals surface area contributed by atoms with Gasteiger partial charge < -0.3 is 21.3 Å². The number of hydrogen-bond donors (Lipinski definition) is 3. The van der Waals surface area contributed by atoms with Crippen molar-refractivity contribution in [3.05, 3.63) is 35.7 Å². The Morgan fingerprint density at radius 1 is 1.03 bits per heavy atom. The van der Waals surface area contributed by atoms with E-state index in [1.807, 2.05) is 12.1 Å². The van der Waals surface area contributed by atoms with Gasteiger partial charge in [-0.2, -0.15) is 15.5 Å². The van der Waals surface area contributed by atoms with Crippen LogP contribution in [0.15, 0.2) is 24.5 Å². The van der Waals surface area contributed by atoms with Gasteiger partial charge in [0.15, 0.2) is 0 Å². The first-order valence-electron chi connectivity index (χ1n) is 13.2. The number of nitriles is 2. The van der Waals surface area contributed by atoms with Crippen LogP contribution in [-0.4, -0.2) is 46.7 Å². The molecule has 2 aromatic rings. The van der Waals surface area contributed by atoms with E-state index in [1.165, 1.54) is 32.1 Å². The Bertz CT molecular complexity index is 1170. The van der Waals surface area contributed by atoms with Gasteiger partial charge in [-0.3, -0.25) is 0 Å². The first-order chi connectivity index (χ1) is 17.5. The molecule has 9 heteroatoms. The molecule has 2 aromatic heterocycles. The summed E-state index contributed by atoms with van der Waals surface area (Å²) in [6.45, 7) is 2.59. The Hall–Kier alpha value is -3.43. The summed E-state index contributed by atoms with van der Waals surface area (Å²) in [4.78, 5) is 15.8. The van der Waals surface area contributed by atoms with E-state index in [0.29, 0.717) is 40.8 Å². The summed E-state index contributed by atoms with van der Waals surface area (Å²) in [5, 5.41) is 25.7. The van der Waals surface area contributed by atoms with Crippen molar-refractivity contribution in [2.45, 2.75) is 57.0 Å². The standard InChI is InChI=1S/C27H33N9/c28-12-17-1-2-23(31-14-17)36-5-3-22(4-6-36)34-26-32-15-21(13-29)25(35-26)33-16-27-9-18-7-19(10-27)24(30)20(8-18)11-27/h1-2,14-15,18-20,22,24H,3-11,16,30H2,(H2,32,33,34,35)/t18?,19-,20+,24?,27?. The Morgan fingerprint density at radius 2 is 1.81 bits per heavy atom. The van der Waals surface area contributed by atoms with Crippen LogP contribution >= 0.6 is 0 Å². The second kappa shape index (κ2) is 9.22. The predicted molar refractivity (Wildman–Crippen MR) is 137 cm³/mol. The molecule has 1 saturated heterocycles. The van der Waals surface area contributed by atoms with Gasteiger partial charge in [0, 0.05) is 37.9 Å². The Labute approximate surface area is 212 Å². The van der Waals surface area contributed by atoms with E-state index in [1.54, 1.807) is 12.4 Å². The van der Waals surface area contributed by atoms with Crippen LogP contribution in [0, 0.1) is 45.8 Å². The second-order valence-electron chi connectivity index (χ2n) is 11.4. The molecular formula is C27H33N9. The molecule has 1 aliphatic heterocycles. The fourth-order valence-corrected chi connectivity index (χ4v) is 7.46. The van der Waals surface area contributed by atoms with Crippen molar-refractivity contribution in [3.8, 4) is 12.1 Å². The maximum atomic E-state index is 9.66. The summed E-state index contributed by atoms with van der Waals surface area (Å²) in [7, 11) is 0. The van der Waals surface area contributed by atoms with E-state index < -0.39 is 0 Å². The van der Waals surface area contributed by atoms with E-state index in [0.717, 1.165) is 44.2 Å². The molecule has 9 nitrogen and oxygen atoms in total. The molecule has 4 saturated carbocycles. The Balaban J connectivity index is 1.08. The van der Waals surface area contributed by atoms with Gasteiger partial charge in [0.05, 0.1) is 11.8 Å². The molecule has 36 heavy (non-hydrogen) atoms. The molecule has 5 atom stereocenters. The molecule has 5 fully saturated rings. The third-order valence-electron chi connectivity index (χ3n) is 9.04. The fourth-order valence-electron chi connectivity index (χ4n) is 7.46. The second-order valence-corrected chi connectivity index (χ2v) is 11.4. The highest BCUT2D eigenvalue weighted by molar-refractivity contribution is 5.54. The molecule has 3 unspecified atom stereocenters. The lowest BCUT2D eigenvalue weighted by Gasteiger charge is -2.59. The average molecular weight is 484 g/mol. The fraction of sp³-hybridized carbons (Fsp3) is 0.593. The summed E-state index contributed by atoms with van der Waals surface area (Å²) in [5.74, 6) is 4.22. The molecule has 0 aromatic carbocycles. The molecule has 4 bridgehead atoms. The van der Waals surface area contributed by atoms with Gasteiger partial charge in [0.1, 0.15) is 29.3 Å². The van der Waals surface area contributed by atoms with Crippen LogP contribution in [0.2, 0.25) is 0 Å². The van der Waals surface area contributed by atoms with Crippen LogP contribution in [0.5, 0.6) is 0 Å². The van der Waals surface area contributed by atoms with Gasteiger partial charge >= 0.3 is 0 Å². The van der Waals surface area contributed by atoms with E-state index in [9.17, 15) is 5.26 Å². The third kappa shape index (κ3) is 4.33. The SMILES string of the molecule is N#Cc1ccc(N2CCC(Nc3ncc(C#N)c(NCC45CC6C[C@H](C4)C(N)[C@@H](C6)C5)n3)CC2)nc1. The van der Waals surface area contributed by atoms with Crippen LogP contribution in [0.4, 0.5) is 17.6 Å². The number of pyridine rings is 1. The summed E-state index contributed by atoms with van der Waals surface area (Å²) < 4.78 is 0. The zero-order valence-electron chi connectivity index (χ0n) is 20.5. The van der Waals surface area contributed by atoms with Gasteiger partial charge in [0.2, 0.25) is 5.95 Å². The number of nitrogens with zero attached hydrogens (tertiary/aromatic N) is 6. The van der Waals surface area contributed by atoms with Crippen molar-refractivity contribution in [1.82, 2.24) is 15.0 Å². The quantitative estimate of drug-likeness (QED) is 0.565. The molecule has 4 aliphatic carbocycles. The number of piperidine rings is 1.